The molecule has 0 saturated carbocycles. The van der Waals surface area contributed by atoms with Crippen molar-refractivity contribution >= 4 is 6.29 Å². The van der Waals surface area contributed by atoms with Gasteiger partial charge in [0.2, 0.25) is 0 Å². The zero-order valence-electron chi connectivity index (χ0n) is 12.3. The Morgan fingerprint density at radius 2 is 1.90 bits per heavy atom. The van der Waals surface area contributed by atoms with Crippen molar-refractivity contribution in [2.24, 2.45) is 0 Å². The van der Waals surface area contributed by atoms with Gasteiger partial charge in [0, 0.05) is 5.41 Å². The lowest BCUT2D eigenvalue weighted by Gasteiger charge is -2.20. The predicted molar refractivity (Wildman–Crippen MR) is 76.6 cm³/mol. The Morgan fingerprint density at radius 3 is 2.40 bits per heavy atom. The largest absolute Gasteiger partial charge is 0.494 e. The van der Waals surface area contributed by atoms with E-state index in [1.165, 1.54) is 0 Å². The molecule has 106 valence electrons. The standard InChI is InChI=1S/C15H19N3O2/c1-5-20-12-8-6-11(7-9-12)18-14(15(2,3)4)13(10-19)16-17-18/h6-10H,5H2,1-4H3. The molecule has 0 aliphatic carbocycles. The molecular weight excluding hydrogens is 254 g/mol. The predicted octanol–water partition coefficient (Wildman–Crippen LogP) is 2.78. The smallest absolute Gasteiger partial charge is 0.172 e. The van der Waals surface area contributed by atoms with Crippen molar-refractivity contribution in [1.29, 1.82) is 0 Å². The van der Waals surface area contributed by atoms with E-state index in [-0.39, 0.29) is 5.41 Å². The second-order valence-electron chi connectivity index (χ2n) is 5.53. The van der Waals surface area contributed by atoms with Gasteiger partial charge in [0.1, 0.15) is 11.4 Å². The van der Waals surface area contributed by atoms with Crippen LogP contribution in [0.15, 0.2) is 24.3 Å². The molecule has 1 heterocycles. The van der Waals surface area contributed by atoms with Gasteiger partial charge in [0.05, 0.1) is 18.0 Å². The highest BCUT2D eigenvalue weighted by Gasteiger charge is 2.25. The topological polar surface area (TPSA) is 57.0 Å². The first-order chi connectivity index (χ1) is 9.47. The van der Waals surface area contributed by atoms with Crippen molar-refractivity contribution in [3.05, 3.63) is 35.7 Å². The Hall–Kier alpha value is -2.17. The van der Waals surface area contributed by atoms with Crippen LogP contribution >= 0.6 is 0 Å². The molecule has 0 radical (unpaired) electrons. The summed E-state index contributed by atoms with van der Waals surface area (Å²) >= 11 is 0. The Kier molecular flexibility index (Phi) is 3.88. The summed E-state index contributed by atoms with van der Waals surface area (Å²) in [5, 5.41) is 8.04. The van der Waals surface area contributed by atoms with Crippen LogP contribution in [0.3, 0.4) is 0 Å². The normalized spacial score (nSPS) is 11.4. The fourth-order valence-corrected chi connectivity index (χ4v) is 2.11. The van der Waals surface area contributed by atoms with Crippen LogP contribution in [0.1, 0.15) is 43.9 Å². The molecule has 2 rings (SSSR count). The lowest BCUT2D eigenvalue weighted by molar-refractivity contribution is 0.111. The maximum absolute atomic E-state index is 11.1. The van der Waals surface area contributed by atoms with E-state index < -0.39 is 0 Å². The van der Waals surface area contributed by atoms with Gasteiger partial charge >= 0.3 is 0 Å². The number of aldehydes is 1. The lowest BCUT2D eigenvalue weighted by Crippen LogP contribution is -2.19. The number of ether oxygens (including phenoxy) is 1. The zero-order chi connectivity index (χ0) is 14.8. The van der Waals surface area contributed by atoms with Crippen LogP contribution in [0.5, 0.6) is 5.75 Å². The quantitative estimate of drug-likeness (QED) is 0.804. The van der Waals surface area contributed by atoms with E-state index in [0.29, 0.717) is 12.3 Å². The van der Waals surface area contributed by atoms with Gasteiger partial charge < -0.3 is 4.74 Å². The van der Waals surface area contributed by atoms with Gasteiger partial charge in [-0.25, -0.2) is 4.68 Å². The van der Waals surface area contributed by atoms with E-state index in [1.807, 2.05) is 52.0 Å². The van der Waals surface area contributed by atoms with Gasteiger partial charge in [-0.2, -0.15) is 0 Å². The van der Waals surface area contributed by atoms with E-state index in [9.17, 15) is 4.79 Å². The van der Waals surface area contributed by atoms with Gasteiger partial charge in [-0.1, -0.05) is 26.0 Å². The molecule has 1 aromatic heterocycles. The minimum absolute atomic E-state index is 0.224. The van der Waals surface area contributed by atoms with Crippen molar-refractivity contribution in [2.45, 2.75) is 33.1 Å². The highest BCUT2D eigenvalue weighted by Crippen LogP contribution is 2.26. The van der Waals surface area contributed by atoms with Crippen LogP contribution in [0.25, 0.3) is 5.69 Å². The van der Waals surface area contributed by atoms with Crippen molar-refractivity contribution < 1.29 is 9.53 Å². The van der Waals surface area contributed by atoms with E-state index in [2.05, 4.69) is 10.3 Å². The van der Waals surface area contributed by atoms with Crippen LogP contribution in [0.4, 0.5) is 0 Å². The van der Waals surface area contributed by atoms with Crippen molar-refractivity contribution in [3.63, 3.8) is 0 Å². The number of carbonyl (C=O) groups is 1. The third-order valence-corrected chi connectivity index (χ3v) is 2.91. The molecule has 5 heteroatoms. The first-order valence-corrected chi connectivity index (χ1v) is 6.62. The van der Waals surface area contributed by atoms with Gasteiger partial charge in [-0.05, 0) is 31.2 Å². The Labute approximate surface area is 118 Å². The van der Waals surface area contributed by atoms with Gasteiger partial charge in [-0.3, -0.25) is 4.79 Å². The third kappa shape index (κ3) is 2.71. The molecule has 0 unspecified atom stereocenters. The highest BCUT2D eigenvalue weighted by atomic mass is 16.5. The molecule has 1 aromatic carbocycles. The zero-order valence-corrected chi connectivity index (χ0v) is 12.3. The van der Waals surface area contributed by atoms with Crippen molar-refractivity contribution in [2.75, 3.05) is 6.61 Å². The lowest BCUT2D eigenvalue weighted by atomic mass is 9.90. The first-order valence-electron chi connectivity index (χ1n) is 6.62. The number of hydrogen-bond acceptors (Lipinski definition) is 4. The van der Waals surface area contributed by atoms with Crippen LogP contribution in [-0.2, 0) is 5.41 Å². The monoisotopic (exact) mass is 273 g/mol. The number of hydrogen-bond donors (Lipinski definition) is 0. The number of aromatic nitrogens is 3. The molecule has 5 nitrogen and oxygen atoms in total. The molecule has 0 fully saturated rings. The second-order valence-corrected chi connectivity index (χ2v) is 5.53. The minimum atomic E-state index is -0.224. The number of carbonyl (C=O) groups excluding carboxylic acids is 1. The molecule has 0 N–H and O–H groups in total. The van der Waals surface area contributed by atoms with Crippen LogP contribution in [0.2, 0.25) is 0 Å². The van der Waals surface area contributed by atoms with Crippen molar-refractivity contribution in [1.82, 2.24) is 15.0 Å². The summed E-state index contributed by atoms with van der Waals surface area (Å²) in [6, 6.07) is 7.58. The average molecular weight is 273 g/mol. The molecule has 0 aliphatic heterocycles. The first kappa shape index (κ1) is 14.2. The van der Waals surface area contributed by atoms with E-state index in [1.54, 1.807) is 4.68 Å². The Morgan fingerprint density at radius 1 is 1.25 bits per heavy atom. The summed E-state index contributed by atoms with van der Waals surface area (Å²) in [4.78, 5) is 11.1. The number of benzene rings is 1. The molecule has 0 amide bonds. The average Bonchev–Trinajstić information content (AvgIpc) is 2.84. The maximum atomic E-state index is 11.1. The van der Waals surface area contributed by atoms with E-state index in [4.69, 9.17) is 4.74 Å². The summed E-state index contributed by atoms with van der Waals surface area (Å²) in [7, 11) is 0. The summed E-state index contributed by atoms with van der Waals surface area (Å²) in [5.74, 6) is 0.810. The van der Waals surface area contributed by atoms with Crippen LogP contribution in [-0.4, -0.2) is 27.9 Å². The van der Waals surface area contributed by atoms with Gasteiger partial charge in [0.25, 0.3) is 0 Å². The summed E-state index contributed by atoms with van der Waals surface area (Å²) in [6.07, 6.45) is 0.749. The van der Waals surface area contributed by atoms with Gasteiger partial charge in [-0.15, -0.1) is 5.10 Å². The Bertz CT molecular complexity index is 595. The molecule has 0 bridgehead atoms. The van der Waals surface area contributed by atoms with E-state index >= 15 is 0 Å². The molecular formula is C15H19N3O2. The summed E-state index contributed by atoms with van der Waals surface area (Å²) < 4.78 is 7.13. The van der Waals surface area contributed by atoms with E-state index in [0.717, 1.165) is 23.4 Å². The SMILES string of the molecule is CCOc1ccc(-n2nnc(C=O)c2C(C)(C)C)cc1. The third-order valence-electron chi connectivity index (χ3n) is 2.91. The summed E-state index contributed by atoms with van der Waals surface area (Å²) in [6.45, 7) is 8.67. The molecule has 0 saturated heterocycles. The molecule has 2 aromatic rings. The summed E-state index contributed by atoms with van der Waals surface area (Å²) in [5.41, 5.74) is 1.82. The van der Waals surface area contributed by atoms with Crippen LogP contribution < -0.4 is 4.74 Å². The fourth-order valence-electron chi connectivity index (χ4n) is 2.11. The molecule has 0 atom stereocenters. The molecule has 0 aliphatic rings. The highest BCUT2D eigenvalue weighted by molar-refractivity contribution is 5.74. The number of rotatable bonds is 4. The Balaban J connectivity index is 2.47. The second kappa shape index (κ2) is 5.45. The number of nitrogens with zero attached hydrogens (tertiary/aromatic N) is 3. The fraction of sp³-hybridized carbons (Fsp3) is 0.400. The minimum Gasteiger partial charge on any atom is -0.494 e. The van der Waals surface area contributed by atoms with Crippen LogP contribution in [0, 0.1) is 0 Å². The van der Waals surface area contributed by atoms with Crippen molar-refractivity contribution in [3.8, 4) is 11.4 Å². The molecule has 20 heavy (non-hydrogen) atoms. The molecule has 0 spiro atoms. The van der Waals surface area contributed by atoms with Gasteiger partial charge in [0.15, 0.2) is 6.29 Å². The maximum Gasteiger partial charge on any atom is 0.172 e.